The topological polar surface area (TPSA) is 80.8 Å². The van der Waals surface area contributed by atoms with Gasteiger partial charge in [0.25, 0.3) is 5.91 Å². The number of hydrogen-bond donors (Lipinski definition) is 1. The molecule has 3 aromatic rings. The summed E-state index contributed by atoms with van der Waals surface area (Å²) in [6.45, 7) is 2.80. The van der Waals surface area contributed by atoms with Crippen LogP contribution >= 0.6 is 0 Å². The number of allylic oxidation sites excluding steroid dienone is 1. The van der Waals surface area contributed by atoms with Gasteiger partial charge in [0.05, 0.1) is 24.4 Å². The second-order valence-electron chi connectivity index (χ2n) is 7.44. The number of ketones is 1. The van der Waals surface area contributed by atoms with Gasteiger partial charge in [-0.25, -0.2) is 4.98 Å². The minimum atomic E-state index is -0.231. The summed E-state index contributed by atoms with van der Waals surface area (Å²) in [4.78, 5) is 31.4. The van der Waals surface area contributed by atoms with Crippen LogP contribution in [0.2, 0.25) is 0 Å². The fraction of sp³-hybridized carbons (Fsp3) is 0.208. The van der Waals surface area contributed by atoms with E-state index in [1.165, 1.54) is 0 Å². The Bertz CT molecular complexity index is 1200. The van der Waals surface area contributed by atoms with Gasteiger partial charge in [-0.2, -0.15) is 0 Å². The Hall–Kier alpha value is -3.71. The van der Waals surface area contributed by atoms with E-state index in [2.05, 4.69) is 16.3 Å². The molecule has 7 nitrogen and oxygen atoms in total. The van der Waals surface area contributed by atoms with Crippen molar-refractivity contribution in [3.05, 3.63) is 65.7 Å². The molecule has 7 heteroatoms. The maximum atomic E-state index is 12.8. The minimum absolute atomic E-state index is 0.0144. The molecule has 0 bridgehead atoms. The molecule has 1 fully saturated rings. The van der Waals surface area contributed by atoms with Gasteiger partial charge in [0.15, 0.2) is 12.4 Å². The van der Waals surface area contributed by atoms with Gasteiger partial charge in [-0.15, -0.1) is 0 Å². The second kappa shape index (κ2) is 8.20. The Labute approximate surface area is 179 Å². The van der Waals surface area contributed by atoms with Crippen LogP contribution in [0.5, 0.6) is 5.75 Å². The first-order valence-corrected chi connectivity index (χ1v) is 10.2. The number of benzene rings is 2. The van der Waals surface area contributed by atoms with E-state index in [0.29, 0.717) is 30.2 Å². The predicted octanol–water partition coefficient (Wildman–Crippen LogP) is 3.30. The normalized spacial score (nSPS) is 16.1. The van der Waals surface area contributed by atoms with Gasteiger partial charge in [-0.1, -0.05) is 18.2 Å². The van der Waals surface area contributed by atoms with Crippen LogP contribution in [0.15, 0.2) is 54.6 Å². The highest BCUT2D eigenvalue weighted by Crippen LogP contribution is 2.29. The molecule has 0 spiro atoms. The number of anilines is 2. The van der Waals surface area contributed by atoms with Crippen molar-refractivity contribution in [3.63, 3.8) is 0 Å². The molecule has 1 aromatic heterocycles. The largest absolute Gasteiger partial charge is 0.482 e. The third kappa shape index (κ3) is 4.00. The fourth-order valence-electron chi connectivity index (χ4n) is 3.77. The van der Waals surface area contributed by atoms with Crippen molar-refractivity contribution in [2.75, 3.05) is 43.1 Å². The number of carbonyl (C=O) groups is 2. The molecule has 0 atom stereocenters. The van der Waals surface area contributed by atoms with Gasteiger partial charge in [-0.3, -0.25) is 9.59 Å². The van der Waals surface area contributed by atoms with Crippen molar-refractivity contribution < 1.29 is 19.1 Å². The van der Waals surface area contributed by atoms with Gasteiger partial charge in [0, 0.05) is 29.6 Å². The lowest BCUT2D eigenvalue weighted by atomic mass is 10.1. The summed E-state index contributed by atoms with van der Waals surface area (Å²) >= 11 is 0. The molecule has 156 valence electrons. The standard InChI is InChI=1S/C24H21N3O4/c28-21(17-6-8-22-20(14-17)25-23(29)15-31-22)7-5-18-13-16-3-1-2-4-19(16)26-24(18)27-9-11-30-12-10-27/h1-8,13-14H,9-12,15H2,(H,25,29)/b7-5+. The summed E-state index contributed by atoms with van der Waals surface area (Å²) in [5.74, 6) is 1.01. The summed E-state index contributed by atoms with van der Waals surface area (Å²) < 4.78 is 10.8. The average molecular weight is 415 g/mol. The molecule has 1 saturated heterocycles. The molecule has 0 aliphatic carbocycles. The van der Waals surface area contributed by atoms with E-state index in [0.717, 1.165) is 35.4 Å². The SMILES string of the molecule is O=C1COc2ccc(C(=O)/C=C/c3cc4ccccc4nc3N3CCOCC3)cc2N1. The number of hydrogen-bond acceptors (Lipinski definition) is 6. The lowest BCUT2D eigenvalue weighted by Gasteiger charge is -2.29. The van der Waals surface area contributed by atoms with Crippen LogP contribution in [-0.4, -0.2) is 49.6 Å². The van der Waals surface area contributed by atoms with Crippen LogP contribution in [0.3, 0.4) is 0 Å². The smallest absolute Gasteiger partial charge is 0.262 e. The van der Waals surface area contributed by atoms with E-state index in [1.54, 1.807) is 30.4 Å². The minimum Gasteiger partial charge on any atom is -0.482 e. The van der Waals surface area contributed by atoms with Crippen LogP contribution < -0.4 is 15.0 Å². The van der Waals surface area contributed by atoms with Gasteiger partial charge in [0.2, 0.25) is 0 Å². The number of fused-ring (bicyclic) bond motifs is 2. The Morgan fingerprint density at radius 1 is 1.10 bits per heavy atom. The molecule has 2 aromatic carbocycles. The number of amides is 1. The van der Waals surface area contributed by atoms with Crippen molar-refractivity contribution in [2.45, 2.75) is 0 Å². The highest BCUT2D eigenvalue weighted by atomic mass is 16.5. The maximum Gasteiger partial charge on any atom is 0.262 e. The number of rotatable bonds is 4. The Morgan fingerprint density at radius 3 is 2.81 bits per heavy atom. The Morgan fingerprint density at radius 2 is 1.94 bits per heavy atom. The highest BCUT2D eigenvalue weighted by molar-refractivity contribution is 6.08. The van der Waals surface area contributed by atoms with Crippen LogP contribution in [-0.2, 0) is 9.53 Å². The molecule has 1 amide bonds. The van der Waals surface area contributed by atoms with Gasteiger partial charge in [-0.05, 0) is 42.5 Å². The number of ether oxygens (including phenoxy) is 2. The summed E-state index contributed by atoms with van der Waals surface area (Å²) in [5, 5.41) is 3.75. The summed E-state index contributed by atoms with van der Waals surface area (Å²) in [5.41, 5.74) is 2.78. The monoisotopic (exact) mass is 415 g/mol. The van der Waals surface area contributed by atoms with Crippen molar-refractivity contribution in [1.82, 2.24) is 4.98 Å². The fourth-order valence-corrected chi connectivity index (χ4v) is 3.77. The third-order valence-electron chi connectivity index (χ3n) is 5.35. The molecule has 2 aliphatic heterocycles. The van der Waals surface area contributed by atoms with Gasteiger partial charge >= 0.3 is 0 Å². The zero-order valence-electron chi connectivity index (χ0n) is 16.8. The van der Waals surface area contributed by atoms with Gasteiger partial charge in [0.1, 0.15) is 11.6 Å². The zero-order valence-corrected chi connectivity index (χ0v) is 16.8. The van der Waals surface area contributed by atoms with Crippen LogP contribution in [0.1, 0.15) is 15.9 Å². The van der Waals surface area contributed by atoms with E-state index in [-0.39, 0.29) is 18.3 Å². The van der Waals surface area contributed by atoms with E-state index < -0.39 is 0 Å². The average Bonchev–Trinajstić information content (AvgIpc) is 2.82. The van der Waals surface area contributed by atoms with Crippen molar-refractivity contribution >= 4 is 40.2 Å². The van der Waals surface area contributed by atoms with Crippen LogP contribution in [0, 0.1) is 0 Å². The van der Waals surface area contributed by atoms with Crippen LogP contribution in [0.25, 0.3) is 17.0 Å². The summed E-state index contributed by atoms with van der Waals surface area (Å²) in [6, 6.07) is 15.0. The van der Waals surface area contributed by atoms with E-state index in [9.17, 15) is 9.59 Å². The summed E-state index contributed by atoms with van der Waals surface area (Å²) in [6.07, 6.45) is 3.35. The molecule has 1 N–H and O–H groups in total. The Kier molecular flexibility index (Phi) is 5.09. The number of aromatic nitrogens is 1. The number of pyridine rings is 1. The van der Waals surface area contributed by atoms with E-state index >= 15 is 0 Å². The molecule has 3 heterocycles. The first-order chi connectivity index (χ1) is 15.2. The molecule has 31 heavy (non-hydrogen) atoms. The van der Waals surface area contributed by atoms with Crippen molar-refractivity contribution in [2.24, 2.45) is 0 Å². The van der Waals surface area contributed by atoms with Crippen LogP contribution in [0.4, 0.5) is 11.5 Å². The molecular weight excluding hydrogens is 394 g/mol. The first-order valence-electron chi connectivity index (χ1n) is 10.2. The quantitative estimate of drug-likeness (QED) is 0.520. The number of nitrogens with zero attached hydrogens (tertiary/aromatic N) is 2. The highest BCUT2D eigenvalue weighted by Gasteiger charge is 2.18. The zero-order chi connectivity index (χ0) is 21.2. The Balaban J connectivity index is 1.47. The first kappa shape index (κ1) is 19.3. The number of nitrogens with one attached hydrogen (secondary N) is 1. The molecular formula is C24H21N3O4. The third-order valence-corrected chi connectivity index (χ3v) is 5.35. The molecule has 0 unspecified atom stereocenters. The second-order valence-corrected chi connectivity index (χ2v) is 7.44. The summed E-state index contributed by atoms with van der Waals surface area (Å²) in [7, 11) is 0. The lowest BCUT2D eigenvalue weighted by molar-refractivity contribution is -0.118. The van der Waals surface area contributed by atoms with Gasteiger partial charge < -0.3 is 19.7 Å². The van der Waals surface area contributed by atoms with Crippen molar-refractivity contribution in [3.8, 4) is 5.75 Å². The molecule has 0 radical (unpaired) electrons. The number of para-hydroxylation sites is 1. The molecule has 5 rings (SSSR count). The van der Waals surface area contributed by atoms with E-state index in [4.69, 9.17) is 14.5 Å². The number of carbonyl (C=O) groups excluding carboxylic acids is 2. The van der Waals surface area contributed by atoms with E-state index in [1.807, 2.05) is 24.3 Å². The molecule has 2 aliphatic rings. The maximum absolute atomic E-state index is 12.8. The lowest BCUT2D eigenvalue weighted by Crippen LogP contribution is -2.37. The number of morpholine rings is 1. The van der Waals surface area contributed by atoms with Crippen molar-refractivity contribution in [1.29, 1.82) is 0 Å². The molecule has 0 saturated carbocycles. The predicted molar refractivity (Wildman–Crippen MR) is 119 cm³/mol.